The summed E-state index contributed by atoms with van der Waals surface area (Å²) in [6.45, 7) is 3.88. The van der Waals surface area contributed by atoms with Crippen molar-refractivity contribution in [3.8, 4) is 0 Å². The highest BCUT2D eigenvalue weighted by molar-refractivity contribution is 5.67. The lowest BCUT2D eigenvalue weighted by Crippen LogP contribution is -2.31. The molecule has 0 saturated carbocycles. The average Bonchev–Trinajstić information content (AvgIpc) is 1.81. The molecule has 0 aromatic heterocycles. The van der Waals surface area contributed by atoms with Gasteiger partial charge in [-0.05, 0) is 12.3 Å². The van der Waals surface area contributed by atoms with Crippen LogP contribution in [0.1, 0.15) is 33.1 Å². The molecule has 0 aliphatic heterocycles. The molecule has 0 aromatic rings. The third-order valence-electron chi connectivity index (χ3n) is 1.56. The van der Waals surface area contributed by atoms with Crippen LogP contribution < -0.4 is 0 Å². The molecule has 0 fully saturated rings. The van der Waals surface area contributed by atoms with Crippen LogP contribution in [0.2, 0.25) is 0 Å². The van der Waals surface area contributed by atoms with Crippen molar-refractivity contribution in [2.24, 2.45) is 5.92 Å². The highest BCUT2D eigenvalue weighted by Crippen LogP contribution is 2.17. The predicted octanol–water partition coefficient (Wildman–Crippen LogP) is 0.578. The lowest BCUT2D eigenvalue weighted by atomic mass is 10.0. The maximum Gasteiger partial charge on any atom is 0.308 e. The Kier molecular flexibility index (Phi) is 4.20. The zero-order valence-corrected chi connectivity index (χ0v) is 7.45. The molecule has 0 unspecified atom stereocenters. The number of aliphatic carboxylic acids is 1. The molecule has 0 bridgehead atoms. The second-order valence-electron chi connectivity index (χ2n) is 3.49. The van der Waals surface area contributed by atoms with E-state index in [1.807, 2.05) is 13.8 Å². The third-order valence-corrected chi connectivity index (χ3v) is 1.56. The van der Waals surface area contributed by atoms with Crippen LogP contribution in [0.5, 0.6) is 0 Å². The van der Waals surface area contributed by atoms with Gasteiger partial charge < -0.3 is 15.3 Å². The molecule has 12 heavy (non-hydrogen) atoms. The summed E-state index contributed by atoms with van der Waals surface area (Å²) in [6, 6.07) is 0. The average molecular weight is 176 g/mol. The van der Waals surface area contributed by atoms with Crippen LogP contribution in [0, 0.1) is 5.92 Å². The topological polar surface area (TPSA) is 77.8 Å². The summed E-state index contributed by atoms with van der Waals surface area (Å²) >= 11 is 0. The second kappa shape index (κ2) is 4.42. The van der Waals surface area contributed by atoms with Crippen LogP contribution >= 0.6 is 0 Å². The van der Waals surface area contributed by atoms with Gasteiger partial charge in [-0.25, -0.2) is 0 Å². The lowest BCUT2D eigenvalue weighted by Gasteiger charge is -2.20. The van der Waals surface area contributed by atoms with Crippen molar-refractivity contribution in [1.29, 1.82) is 0 Å². The van der Waals surface area contributed by atoms with Gasteiger partial charge in [-0.1, -0.05) is 13.8 Å². The quantitative estimate of drug-likeness (QED) is 0.535. The van der Waals surface area contributed by atoms with E-state index in [4.69, 9.17) is 15.3 Å². The lowest BCUT2D eigenvalue weighted by molar-refractivity contribution is -0.185. The molecule has 4 heteroatoms. The fraction of sp³-hybridized carbons (Fsp3) is 0.875. The molecule has 0 amide bonds. The van der Waals surface area contributed by atoms with Crippen molar-refractivity contribution >= 4 is 5.97 Å². The van der Waals surface area contributed by atoms with E-state index in [0.29, 0.717) is 12.3 Å². The normalized spacial score (nSPS) is 12.1. The van der Waals surface area contributed by atoms with E-state index in [1.165, 1.54) is 0 Å². The van der Waals surface area contributed by atoms with Gasteiger partial charge in [0.1, 0.15) is 0 Å². The van der Waals surface area contributed by atoms with E-state index in [0.717, 1.165) is 0 Å². The molecule has 0 saturated heterocycles. The molecule has 3 N–H and O–H groups in total. The summed E-state index contributed by atoms with van der Waals surface area (Å²) in [5.41, 5.74) is 0. The first-order chi connectivity index (χ1) is 5.33. The Morgan fingerprint density at radius 3 is 2.25 bits per heavy atom. The fourth-order valence-electron chi connectivity index (χ4n) is 0.850. The summed E-state index contributed by atoms with van der Waals surface area (Å²) < 4.78 is 0. The Labute approximate surface area is 71.8 Å². The molecule has 72 valence electrons. The summed E-state index contributed by atoms with van der Waals surface area (Å²) in [5, 5.41) is 26.5. The summed E-state index contributed by atoms with van der Waals surface area (Å²) in [6.07, 6.45) is 0.108. The van der Waals surface area contributed by atoms with Crippen molar-refractivity contribution in [3.05, 3.63) is 0 Å². The summed E-state index contributed by atoms with van der Waals surface area (Å²) in [5.74, 6) is -2.89. The first-order valence-corrected chi connectivity index (χ1v) is 4.00. The Morgan fingerprint density at radius 1 is 1.42 bits per heavy atom. The summed E-state index contributed by atoms with van der Waals surface area (Å²) in [7, 11) is 0. The molecule has 0 aliphatic rings. The van der Waals surface area contributed by atoms with Gasteiger partial charge in [-0.15, -0.1) is 0 Å². The monoisotopic (exact) mass is 176 g/mol. The maximum atomic E-state index is 10.1. The molecule has 0 spiro atoms. The minimum absolute atomic E-state index is 0.108. The van der Waals surface area contributed by atoms with Crippen LogP contribution in [0.25, 0.3) is 0 Å². The zero-order chi connectivity index (χ0) is 9.78. The second-order valence-corrected chi connectivity index (χ2v) is 3.49. The Balaban J connectivity index is 3.78. The Hall–Kier alpha value is -0.610. The van der Waals surface area contributed by atoms with Crippen molar-refractivity contribution in [1.82, 2.24) is 0 Å². The van der Waals surface area contributed by atoms with Gasteiger partial charge in [0.05, 0.1) is 6.42 Å². The molecule has 0 radical (unpaired) electrons. The van der Waals surface area contributed by atoms with Gasteiger partial charge in [0.2, 0.25) is 0 Å². The highest BCUT2D eigenvalue weighted by atomic mass is 16.5. The third kappa shape index (κ3) is 6.12. The molecule has 4 nitrogen and oxygen atoms in total. The van der Waals surface area contributed by atoms with Crippen LogP contribution in [-0.2, 0) is 4.79 Å². The minimum atomic E-state index is -2.05. The predicted molar refractivity (Wildman–Crippen MR) is 43.5 cm³/mol. The number of aliphatic hydroxyl groups is 2. The molecular weight excluding hydrogens is 160 g/mol. The molecule has 0 heterocycles. The number of carbonyl (C=O) groups is 1. The molecule has 0 aliphatic carbocycles. The van der Waals surface area contributed by atoms with E-state index < -0.39 is 18.2 Å². The zero-order valence-electron chi connectivity index (χ0n) is 7.45. The van der Waals surface area contributed by atoms with Gasteiger partial charge in [0.15, 0.2) is 5.79 Å². The molecule has 0 atom stereocenters. The van der Waals surface area contributed by atoms with Crippen LogP contribution in [0.15, 0.2) is 0 Å². The number of hydrogen-bond acceptors (Lipinski definition) is 3. The maximum absolute atomic E-state index is 10.1. The Morgan fingerprint density at radius 2 is 1.92 bits per heavy atom. The van der Waals surface area contributed by atoms with Crippen LogP contribution in [0.3, 0.4) is 0 Å². The first-order valence-electron chi connectivity index (χ1n) is 4.00. The number of carboxylic acid groups (broad SMARTS) is 1. The SMILES string of the molecule is CC(C)CCC(O)(O)CC(=O)O. The first kappa shape index (κ1) is 11.4. The van der Waals surface area contributed by atoms with Crippen molar-refractivity contribution in [2.45, 2.75) is 38.9 Å². The van der Waals surface area contributed by atoms with Gasteiger partial charge in [0.25, 0.3) is 0 Å². The number of hydrogen-bond donors (Lipinski definition) is 3. The highest BCUT2D eigenvalue weighted by Gasteiger charge is 2.26. The fourth-order valence-corrected chi connectivity index (χ4v) is 0.850. The smallest absolute Gasteiger partial charge is 0.308 e. The minimum Gasteiger partial charge on any atom is -0.481 e. The molecular formula is C8H16O4. The Bertz CT molecular complexity index is 151. The van der Waals surface area contributed by atoms with E-state index in [2.05, 4.69) is 0 Å². The molecule has 0 rings (SSSR count). The van der Waals surface area contributed by atoms with Gasteiger partial charge in [-0.3, -0.25) is 4.79 Å². The van der Waals surface area contributed by atoms with Crippen molar-refractivity contribution < 1.29 is 20.1 Å². The largest absolute Gasteiger partial charge is 0.481 e. The van der Waals surface area contributed by atoms with E-state index in [-0.39, 0.29) is 6.42 Å². The number of rotatable bonds is 5. The number of carboxylic acids is 1. The van der Waals surface area contributed by atoms with E-state index >= 15 is 0 Å². The van der Waals surface area contributed by atoms with E-state index in [9.17, 15) is 4.79 Å². The van der Waals surface area contributed by atoms with Crippen molar-refractivity contribution in [3.63, 3.8) is 0 Å². The molecule has 0 aromatic carbocycles. The van der Waals surface area contributed by atoms with Gasteiger partial charge in [0, 0.05) is 6.42 Å². The summed E-state index contributed by atoms with van der Waals surface area (Å²) in [4.78, 5) is 10.1. The van der Waals surface area contributed by atoms with Gasteiger partial charge >= 0.3 is 5.97 Å². The van der Waals surface area contributed by atoms with Crippen LogP contribution in [-0.4, -0.2) is 27.1 Å². The standard InChI is InChI=1S/C8H16O4/c1-6(2)3-4-8(11,12)5-7(9)10/h6,11-12H,3-5H2,1-2H3,(H,9,10). The van der Waals surface area contributed by atoms with E-state index in [1.54, 1.807) is 0 Å². The van der Waals surface area contributed by atoms with Crippen molar-refractivity contribution in [2.75, 3.05) is 0 Å². The van der Waals surface area contributed by atoms with Crippen LogP contribution in [0.4, 0.5) is 0 Å². The van der Waals surface area contributed by atoms with Gasteiger partial charge in [-0.2, -0.15) is 0 Å².